The molecule has 1 aliphatic rings. The molecule has 0 heterocycles. The van der Waals surface area contributed by atoms with Gasteiger partial charge in [-0.25, -0.2) is 0 Å². The normalized spacial score (nSPS) is 16.1. The van der Waals surface area contributed by atoms with Gasteiger partial charge in [-0.1, -0.05) is 32.3 Å². The monoisotopic (exact) mass is 348 g/mol. The van der Waals surface area contributed by atoms with Gasteiger partial charge in [0.25, 0.3) is 0 Å². The molecule has 0 saturated heterocycles. The molecule has 0 aliphatic heterocycles. The van der Waals surface area contributed by atoms with Crippen LogP contribution in [-0.4, -0.2) is 32.6 Å². The smallest absolute Gasteiger partial charge is 0.317 e. The largest absolute Gasteiger partial charge is 0.496 e. The molecule has 0 radical (unpaired) electrons. The first-order valence-corrected chi connectivity index (χ1v) is 9.05. The Balaban J connectivity index is 2.39. The van der Waals surface area contributed by atoms with Gasteiger partial charge < -0.3 is 14.2 Å². The van der Waals surface area contributed by atoms with Crippen molar-refractivity contribution in [2.75, 3.05) is 20.8 Å². The molecule has 5 heteroatoms. The summed E-state index contributed by atoms with van der Waals surface area (Å²) in [4.78, 5) is 26.0. The second-order valence-corrected chi connectivity index (χ2v) is 6.45. The van der Waals surface area contributed by atoms with Gasteiger partial charge in [0.1, 0.15) is 23.0 Å². The van der Waals surface area contributed by atoms with Crippen molar-refractivity contribution in [3.63, 3.8) is 0 Å². The van der Waals surface area contributed by atoms with E-state index in [1.165, 1.54) is 14.2 Å². The lowest BCUT2D eigenvalue weighted by molar-refractivity contribution is -0.148. The molecule has 1 atom stereocenters. The quantitative estimate of drug-likeness (QED) is 0.403. The molecule has 25 heavy (non-hydrogen) atoms. The van der Waals surface area contributed by atoms with Gasteiger partial charge in [0.2, 0.25) is 0 Å². The highest BCUT2D eigenvalue weighted by Gasteiger charge is 2.39. The summed E-state index contributed by atoms with van der Waals surface area (Å²) in [7, 11) is 3.02. The van der Waals surface area contributed by atoms with Gasteiger partial charge in [0.15, 0.2) is 5.78 Å². The van der Waals surface area contributed by atoms with Gasteiger partial charge >= 0.3 is 5.97 Å². The zero-order valence-electron chi connectivity index (χ0n) is 15.4. The highest BCUT2D eigenvalue weighted by molar-refractivity contribution is 6.11. The van der Waals surface area contributed by atoms with Crippen LogP contribution in [0.2, 0.25) is 0 Å². The Kier molecular flexibility index (Phi) is 7.29. The number of methoxy groups -OCH3 is 2. The molecule has 1 aliphatic carbocycles. The minimum absolute atomic E-state index is 0.0141. The lowest BCUT2D eigenvalue weighted by atomic mass is 9.76. The van der Waals surface area contributed by atoms with Crippen molar-refractivity contribution in [1.82, 2.24) is 0 Å². The third-order valence-corrected chi connectivity index (χ3v) is 4.78. The van der Waals surface area contributed by atoms with Crippen LogP contribution < -0.4 is 9.47 Å². The summed E-state index contributed by atoms with van der Waals surface area (Å²) >= 11 is 0. The van der Waals surface area contributed by atoms with Crippen LogP contribution in [0.4, 0.5) is 0 Å². The Hall–Kier alpha value is -2.04. The Labute approximate surface area is 149 Å². The van der Waals surface area contributed by atoms with Gasteiger partial charge in [-0.15, -0.1) is 0 Å². The maximum Gasteiger partial charge on any atom is 0.317 e. The third kappa shape index (κ3) is 4.53. The predicted molar refractivity (Wildman–Crippen MR) is 95.2 cm³/mol. The van der Waals surface area contributed by atoms with Gasteiger partial charge in [0.05, 0.1) is 20.8 Å². The molecule has 0 amide bonds. The number of ketones is 1. The van der Waals surface area contributed by atoms with Crippen LogP contribution >= 0.6 is 0 Å². The summed E-state index contributed by atoms with van der Waals surface area (Å²) in [6.07, 6.45) is 5.70. The van der Waals surface area contributed by atoms with Gasteiger partial charge in [0, 0.05) is 0 Å². The van der Waals surface area contributed by atoms with Crippen molar-refractivity contribution in [3.05, 3.63) is 23.8 Å². The van der Waals surface area contributed by atoms with E-state index in [9.17, 15) is 9.59 Å². The topological polar surface area (TPSA) is 61.8 Å². The summed E-state index contributed by atoms with van der Waals surface area (Å²) in [6, 6.07) is 5.19. The molecule has 2 rings (SSSR count). The maximum atomic E-state index is 13.3. The zero-order chi connectivity index (χ0) is 18.2. The second-order valence-electron chi connectivity index (χ2n) is 6.45. The first-order valence-electron chi connectivity index (χ1n) is 9.05. The van der Waals surface area contributed by atoms with Crippen molar-refractivity contribution in [1.29, 1.82) is 0 Å². The van der Waals surface area contributed by atoms with Crippen molar-refractivity contribution >= 4 is 11.8 Å². The zero-order valence-corrected chi connectivity index (χ0v) is 15.4. The molecule has 0 N–H and O–H groups in total. The van der Waals surface area contributed by atoms with Gasteiger partial charge in [-0.05, 0) is 37.3 Å². The van der Waals surface area contributed by atoms with Crippen molar-refractivity contribution in [2.24, 2.45) is 11.8 Å². The molecule has 1 aromatic carbocycles. The lowest BCUT2D eigenvalue weighted by Crippen LogP contribution is -2.35. The lowest BCUT2D eigenvalue weighted by Gasteiger charge is -2.28. The van der Waals surface area contributed by atoms with Gasteiger partial charge in [-0.3, -0.25) is 9.59 Å². The fraction of sp³-hybridized carbons (Fsp3) is 0.600. The molecule has 0 spiro atoms. The van der Waals surface area contributed by atoms with E-state index in [0.29, 0.717) is 23.7 Å². The van der Waals surface area contributed by atoms with E-state index < -0.39 is 11.9 Å². The van der Waals surface area contributed by atoms with Gasteiger partial charge in [-0.2, -0.15) is 0 Å². The number of ether oxygens (including phenoxy) is 3. The van der Waals surface area contributed by atoms with Crippen LogP contribution in [0.5, 0.6) is 11.5 Å². The summed E-state index contributed by atoms with van der Waals surface area (Å²) in [5, 5.41) is 0. The highest BCUT2D eigenvalue weighted by atomic mass is 16.5. The molecule has 5 nitrogen and oxygen atoms in total. The number of rotatable bonds is 8. The SMILES string of the molecule is CCCOC(=O)C(C(=O)c1c(OC)cccc1OC)C1CCCCC1. The number of esters is 1. The van der Waals surface area contributed by atoms with E-state index >= 15 is 0 Å². The van der Waals surface area contributed by atoms with Crippen molar-refractivity contribution in [2.45, 2.75) is 45.4 Å². The predicted octanol–water partition coefficient (Wildman–Crippen LogP) is 4.04. The van der Waals surface area contributed by atoms with E-state index in [4.69, 9.17) is 14.2 Å². The summed E-state index contributed by atoms with van der Waals surface area (Å²) < 4.78 is 16.1. The number of carbonyl (C=O) groups is 2. The number of benzene rings is 1. The average molecular weight is 348 g/mol. The van der Waals surface area contributed by atoms with E-state index in [1.807, 2.05) is 6.92 Å². The first kappa shape index (κ1) is 19.3. The summed E-state index contributed by atoms with van der Waals surface area (Å²) in [5.74, 6) is -0.617. The molecule has 1 saturated carbocycles. The Bertz CT molecular complexity index is 567. The standard InChI is InChI=1S/C20H28O5/c1-4-13-25-20(22)17(14-9-6-5-7-10-14)19(21)18-15(23-2)11-8-12-16(18)24-3/h8,11-12,14,17H,4-7,9-10,13H2,1-3H3. The van der Waals surface area contributed by atoms with Crippen molar-refractivity contribution < 1.29 is 23.8 Å². The van der Waals surface area contributed by atoms with E-state index in [1.54, 1.807) is 18.2 Å². The van der Waals surface area contributed by atoms with Crippen LogP contribution in [-0.2, 0) is 9.53 Å². The molecule has 0 aromatic heterocycles. The third-order valence-electron chi connectivity index (χ3n) is 4.78. The molecule has 0 bridgehead atoms. The molecular weight excluding hydrogens is 320 g/mol. The number of carbonyl (C=O) groups excluding carboxylic acids is 2. The summed E-state index contributed by atoms with van der Waals surface area (Å²) in [6.45, 7) is 2.27. The second kappa shape index (κ2) is 9.44. The fourth-order valence-corrected chi connectivity index (χ4v) is 3.52. The fourth-order valence-electron chi connectivity index (χ4n) is 3.52. The molecule has 1 fully saturated rings. The Morgan fingerprint density at radius 1 is 1.08 bits per heavy atom. The van der Waals surface area contributed by atoms with E-state index in [2.05, 4.69) is 0 Å². The minimum atomic E-state index is -0.794. The molecule has 1 unspecified atom stereocenters. The number of hydrogen-bond donors (Lipinski definition) is 0. The van der Waals surface area contributed by atoms with E-state index in [0.717, 1.165) is 38.5 Å². The van der Waals surface area contributed by atoms with Crippen molar-refractivity contribution in [3.8, 4) is 11.5 Å². The molecule has 138 valence electrons. The van der Waals surface area contributed by atoms with Crippen LogP contribution in [0.3, 0.4) is 0 Å². The first-order chi connectivity index (χ1) is 12.1. The minimum Gasteiger partial charge on any atom is -0.496 e. The summed E-state index contributed by atoms with van der Waals surface area (Å²) in [5.41, 5.74) is 0.330. The van der Waals surface area contributed by atoms with Crippen LogP contribution in [0, 0.1) is 11.8 Å². The number of Topliss-reactive ketones (excluding diaryl/α,β-unsaturated/α-hetero) is 1. The van der Waals surface area contributed by atoms with Crippen LogP contribution in [0.25, 0.3) is 0 Å². The van der Waals surface area contributed by atoms with Crippen LogP contribution in [0.1, 0.15) is 55.8 Å². The van der Waals surface area contributed by atoms with E-state index in [-0.39, 0.29) is 11.7 Å². The maximum absolute atomic E-state index is 13.3. The molecule has 1 aromatic rings. The number of hydrogen-bond acceptors (Lipinski definition) is 5. The molecular formula is C20H28O5. The average Bonchev–Trinajstić information content (AvgIpc) is 2.66. The Morgan fingerprint density at radius 3 is 2.20 bits per heavy atom. The van der Waals surface area contributed by atoms with Crippen LogP contribution in [0.15, 0.2) is 18.2 Å². The Morgan fingerprint density at radius 2 is 1.68 bits per heavy atom. The highest BCUT2D eigenvalue weighted by Crippen LogP contribution is 2.37.